The third kappa shape index (κ3) is 5.91. The number of methoxy groups -OCH3 is 1. The molecule has 2 N–H and O–H groups in total. The minimum atomic E-state index is -0.453. The number of nitrogens with zero attached hydrogens (tertiary/aromatic N) is 1. The summed E-state index contributed by atoms with van der Waals surface area (Å²) < 4.78 is 5.05. The quantitative estimate of drug-likeness (QED) is 0.613. The van der Waals surface area contributed by atoms with Crippen LogP contribution in [0.15, 0.2) is 29.4 Å². The average molecular weight is 333 g/mol. The number of hydrogen-bond donors (Lipinski definition) is 2. The highest BCUT2D eigenvalue weighted by Gasteiger charge is 2.21. The Kier molecular flexibility index (Phi) is 7.07. The van der Waals surface area contributed by atoms with Crippen molar-refractivity contribution < 1.29 is 19.2 Å². The lowest BCUT2D eigenvalue weighted by Gasteiger charge is -2.20. The minimum Gasteiger partial charge on any atom is -0.497 e. The zero-order chi connectivity index (χ0) is 17.2. The topological polar surface area (TPSA) is 89.0 Å². The van der Waals surface area contributed by atoms with Gasteiger partial charge in [0.2, 0.25) is 5.91 Å². The molecule has 24 heavy (non-hydrogen) atoms. The van der Waals surface area contributed by atoms with E-state index in [2.05, 4.69) is 16.0 Å². The van der Waals surface area contributed by atoms with Gasteiger partial charge in [-0.25, -0.2) is 0 Å². The zero-order valence-electron chi connectivity index (χ0n) is 13.8. The molecule has 0 atom stereocenters. The third-order valence-corrected chi connectivity index (χ3v) is 3.89. The highest BCUT2D eigenvalue weighted by Crippen LogP contribution is 2.23. The summed E-state index contributed by atoms with van der Waals surface area (Å²) in [5, 5.41) is 3.71. The molecule has 0 bridgehead atoms. The van der Waals surface area contributed by atoms with Crippen molar-refractivity contribution in [1.29, 1.82) is 0 Å². The van der Waals surface area contributed by atoms with Gasteiger partial charge in [0.1, 0.15) is 5.75 Å². The number of carbonyl (C=O) groups is 2. The summed E-state index contributed by atoms with van der Waals surface area (Å²) in [5.41, 5.74) is 5.60. The van der Waals surface area contributed by atoms with Crippen molar-refractivity contribution in [1.82, 2.24) is 10.9 Å². The molecule has 0 heterocycles. The molecule has 1 aromatic carbocycles. The molecule has 0 saturated heterocycles. The first-order valence-electron chi connectivity index (χ1n) is 8.07. The van der Waals surface area contributed by atoms with E-state index >= 15 is 0 Å². The number of hydrogen-bond acceptors (Lipinski definition) is 5. The molecular formula is C17H23N3O4. The van der Waals surface area contributed by atoms with Crippen molar-refractivity contribution in [2.75, 3.05) is 13.7 Å². The van der Waals surface area contributed by atoms with Gasteiger partial charge in [-0.1, -0.05) is 24.4 Å². The Hall–Kier alpha value is -2.57. The van der Waals surface area contributed by atoms with Gasteiger partial charge in [0.05, 0.1) is 13.3 Å². The minimum absolute atomic E-state index is 0.00642. The van der Waals surface area contributed by atoms with Crippen molar-refractivity contribution in [3.63, 3.8) is 0 Å². The van der Waals surface area contributed by atoms with Crippen LogP contribution in [-0.4, -0.2) is 31.7 Å². The number of nitrogens with one attached hydrogen (secondary N) is 2. The Morgan fingerprint density at radius 1 is 1.17 bits per heavy atom. The number of rotatable bonds is 6. The van der Waals surface area contributed by atoms with Crippen LogP contribution in [0.25, 0.3) is 0 Å². The van der Waals surface area contributed by atoms with Crippen LogP contribution in [-0.2, 0) is 14.4 Å². The summed E-state index contributed by atoms with van der Waals surface area (Å²) in [5.74, 6) is 0.157. The normalized spacial score (nSPS) is 15.0. The van der Waals surface area contributed by atoms with E-state index < -0.39 is 5.91 Å². The molecule has 130 valence electrons. The van der Waals surface area contributed by atoms with Gasteiger partial charge in [-0.05, 0) is 42.7 Å². The van der Waals surface area contributed by atoms with Gasteiger partial charge < -0.3 is 9.57 Å². The summed E-state index contributed by atoms with van der Waals surface area (Å²) >= 11 is 0. The monoisotopic (exact) mass is 333 g/mol. The highest BCUT2D eigenvalue weighted by atomic mass is 16.6. The van der Waals surface area contributed by atoms with Crippen LogP contribution < -0.4 is 15.6 Å². The second kappa shape index (κ2) is 9.54. The van der Waals surface area contributed by atoms with Gasteiger partial charge >= 0.3 is 0 Å². The molecule has 1 fully saturated rings. The number of hydrazine groups is 1. The van der Waals surface area contributed by atoms with Crippen molar-refractivity contribution in [2.45, 2.75) is 32.1 Å². The smallest absolute Gasteiger partial charge is 0.279 e. The summed E-state index contributed by atoms with van der Waals surface area (Å²) in [6.45, 7) is -0.266. The molecule has 1 aliphatic rings. The average Bonchev–Trinajstić information content (AvgIpc) is 2.64. The summed E-state index contributed by atoms with van der Waals surface area (Å²) in [4.78, 5) is 28.4. The van der Waals surface area contributed by atoms with E-state index in [9.17, 15) is 9.59 Å². The van der Waals surface area contributed by atoms with Gasteiger partial charge in [-0.3, -0.25) is 20.4 Å². The lowest BCUT2D eigenvalue weighted by molar-refractivity contribution is -0.133. The largest absolute Gasteiger partial charge is 0.497 e. The fourth-order valence-electron chi connectivity index (χ4n) is 2.52. The predicted octanol–water partition coefficient (Wildman–Crippen LogP) is 1.77. The van der Waals surface area contributed by atoms with E-state index in [1.165, 1.54) is 12.6 Å². The van der Waals surface area contributed by atoms with Crippen LogP contribution in [0.4, 0.5) is 0 Å². The lowest BCUT2D eigenvalue weighted by Crippen LogP contribution is -2.46. The maximum atomic E-state index is 11.9. The van der Waals surface area contributed by atoms with Crippen molar-refractivity contribution in [3.8, 4) is 5.75 Å². The summed E-state index contributed by atoms with van der Waals surface area (Å²) in [6, 6.07) is 7.23. The Balaban J connectivity index is 1.63. The molecule has 2 amide bonds. The molecule has 0 aromatic heterocycles. The van der Waals surface area contributed by atoms with Gasteiger partial charge in [0.25, 0.3) is 5.91 Å². The molecule has 0 aliphatic heterocycles. The van der Waals surface area contributed by atoms with Crippen LogP contribution in [0.1, 0.15) is 37.7 Å². The van der Waals surface area contributed by atoms with Gasteiger partial charge in [-0.15, -0.1) is 0 Å². The molecule has 1 aliphatic carbocycles. The predicted molar refractivity (Wildman–Crippen MR) is 89.4 cm³/mol. The fourth-order valence-corrected chi connectivity index (χ4v) is 2.52. The number of ether oxygens (including phenoxy) is 1. The second-order valence-corrected chi connectivity index (χ2v) is 5.65. The van der Waals surface area contributed by atoms with Gasteiger partial charge in [0, 0.05) is 5.92 Å². The maximum absolute atomic E-state index is 11.9. The molecule has 0 unspecified atom stereocenters. The third-order valence-electron chi connectivity index (χ3n) is 3.89. The Morgan fingerprint density at radius 2 is 1.88 bits per heavy atom. The van der Waals surface area contributed by atoms with Crippen molar-refractivity contribution in [3.05, 3.63) is 29.8 Å². The zero-order valence-corrected chi connectivity index (χ0v) is 13.8. The SMILES string of the molecule is COc1ccc(/C=N\OCC(=O)NNC(=O)C2CCCCC2)cc1. The number of carbonyl (C=O) groups excluding carboxylic acids is 2. The molecule has 1 saturated carbocycles. The van der Waals surface area contributed by atoms with Crippen molar-refractivity contribution >= 4 is 18.0 Å². The molecule has 0 radical (unpaired) electrons. The van der Waals surface area contributed by atoms with Crippen LogP contribution >= 0.6 is 0 Å². The fraction of sp³-hybridized carbons (Fsp3) is 0.471. The second-order valence-electron chi connectivity index (χ2n) is 5.65. The Bertz CT molecular complexity index is 566. The van der Waals surface area contributed by atoms with Crippen molar-refractivity contribution in [2.24, 2.45) is 11.1 Å². The van der Waals surface area contributed by atoms with E-state index in [0.717, 1.165) is 37.0 Å². The molecule has 0 spiro atoms. The van der Waals surface area contributed by atoms with E-state index in [-0.39, 0.29) is 18.4 Å². The molecular weight excluding hydrogens is 310 g/mol. The Morgan fingerprint density at radius 3 is 2.54 bits per heavy atom. The first kappa shape index (κ1) is 17.8. The molecule has 7 heteroatoms. The summed E-state index contributed by atoms with van der Waals surface area (Å²) in [7, 11) is 1.60. The van der Waals surface area contributed by atoms with E-state index in [0.29, 0.717) is 0 Å². The van der Waals surface area contributed by atoms with Crippen LogP contribution in [0.2, 0.25) is 0 Å². The number of oxime groups is 1. The number of benzene rings is 1. The number of amides is 2. The lowest BCUT2D eigenvalue weighted by atomic mass is 9.89. The van der Waals surface area contributed by atoms with Gasteiger partial charge in [-0.2, -0.15) is 0 Å². The van der Waals surface area contributed by atoms with E-state index in [4.69, 9.17) is 9.57 Å². The van der Waals surface area contributed by atoms with E-state index in [1.54, 1.807) is 19.2 Å². The molecule has 7 nitrogen and oxygen atoms in total. The first-order chi connectivity index (χ1) is 11.7. The Labute approximate surface area is 141 Å². The maximum Gasteiger partial charge on any atom is 0.279 e. The highest BCUT2D eigenvalue weighted by molar-refractivity contribution is 5.84. The van der Waals surface area contributed by atoms with Crippen LogP contribution in [0.5, 0.6) is 5.75 Å². The summed E-state index contributed by atoms with van der Waals surface area (Å²) in [6.07, 6.45) is 6.56. The van der Waals surface area contributed by atoms with Gasteiger partial charge in [0.15, 0.2) is 6.61 Å². The standard InChI is InChI=1S/C17H23N3O4/c1-23-15-9-7-13(8-10-15)11-18-24-12-16(21)19-20-17(22)14-5-3-2-4-6-14/h7-11,14H,2-6,12H2,1H3,(H,19,21)(H,20,22)/b18-11-. The molecule has 1 aromatic rings. The van der Waals surface area contributed by atoms with Crippen LogP contribution in [0.3, 0.4) is 0 Å². The van der Waals surface area contributed by atoms with E-state index in [1.807, 2.05) is 12.1 Å². The first-order valence-corrected chi connectivity index (χ1v) is 8.07. The molecule has 2 rings (SSSR count). The van der Waals surface area contributed by atoms with Crippen LogP contribution in [0, 0.1) is 5.92 Å².